The van der Waals surface area contributed by atoms with E-state index in [9.17, 15) is 18.3 Å². The number of hydrogen-bond donors (Lipinski definition) is 1. The molecule has 3 unspecified atom stereocenters. The van der Waals surface area contributed by atoms with Gasteiger partial charge in [0, 0.05) is 5.92 Å². The highest BCUT2D eigenvalue weighted by atomic mass is 32.2. The summed E-state index contributed by atoms with van der Waals surface area (Å²) in [6, 6.07) is 0. The van der Waals surface area contributed by atoms with E-state index >= 15 is 0 Å². The zero-order valence-corrected chi connectivity index (χ0v) is 8.85. The molecule has 1 saturated carbocycles. The van der Waals surface area contributed by atoms with Crippen LogP contribution < -0.4 is 0 Å². The summed E-state index contributed by atoms with van der Waals surface area (Å²) in [6.07, 6.45) is 1.88. The Kier molecular flexibility index (Phi) is 4.48. The topological polar surface area (TPSA) is 29.5 Å². The Morgan fingerprint density at radius 2 is 2.07 bits per heavy atom. The first-order valence-electron chi connectivity index (χ1n) is 4.66. The second-order valence-corrected chi connectivity index (χ2v) is 4.31. The first-order valence-corrected chi connectivity index (χ1v) is 5.40. The standard InChI is InChI=1S/C9H13F3O2S/c1-2-6-4-3-5-7(8(6)13)14-15-9(10,11)12/h2,6-8,13H,1,3-5H2. The van der Waals surface area contributed by atoms with Gasteiger partial charge in [0.15, 0.2) is 0 Å². The lowest BCUT2D eigenvalue weighted by molar-refractivity contribution is -0.0539. The van der Waals surface area contributed by atoms with Crippen molar-refractivity contribution in [3.05, 3.63) is 12.7 Å². The average Bonchev–Trinajstić information content (AvgIpc) is 2.15. The normalized spacial score (nSPS) is 32.7. The van der Waals surface area contributed by atoms with Gasteiger partial charge in [-0.05, 0) is 12.8 Å². The van der Waals surface area contributed by atoms with E-state index in [1.807, 2.05) is 0 Å². The fourth-order valence-corrected chi connectivity index (χ4v) is 2.09. The second-order valence-electron chi connectivity index (χ2n) is 3.48. The van der Waals surface area contributed by atoms with E-state index in [1.165, 1.54) is 0 Å². The summed E-state index contributed by atoms with van der Waals surface area (Å²) >= 11 is -0.538. The van der Waals surface area contributed by atoms with Crippen LogP contribution in [-0.2, 0) is 4.18 Å². The third-order valence-electron chi connectivity index (χ3n) is 2.41. The van der Waals surface area contributed by atoms with Gasteiger partial charge >= 0.3 is 5.51 Å². The van der Waals surface area contributed by atoms with Gasteiger partial charge in [-0.1, -0.05) is 12.5 Å². The van der Waals surface area contributed by atoms with Crippen LogP contribution in [0, 0.1) is 5.92 Å². The number of aliphatic hydroxyl groups excluding tert-OH is 1. The molecule has 1 rings (SSSR count). The Morgan fingerprint density at radius 1 is 1.40 bits per heavy atom. The van der Waals surface area contributed by atoms with Crippen molar-refractivity contribution in [2.45, 2.75) is 37.0 Å². The summed E-state index contributed by atoms with van der Waals surface area (Å²) < 4.78 is 40.1. The van der Waals surface area contributed by atoms with Gasteiger partial charge in [0.05, 0.1) is 12.2 Å². The van der Waals surface area contributed by atoms with Crippen LogP contribution in [-0.4, -0.2) is 22.8 Å². The first-order chi connectivity index (χ1) is 6.94. The molecule has 0 amide bonds. The lowest BCUT2D eigenvalue weighted by atomic mass is 9.85. The van der Waals surface area contributed by atoms with E-state index in [0.717, 1.165) is 12.8 Å². The third kappa shape index (κ3) is 4.04. The van der Waals surface area contributed by atoms with Gasteiger partial charge in [-0.15, -0.1) is 6.58 Å². The summed E-state index contributed by atoms with van der Waals surface area (Å²) in [4.78, 5) is 0. The minimum atomic E-state index is -4.42. The summed E-state index contributed by atoms with van der Waals surface area (Å²) in [5.74, 6) is -0.169. The summed E-state index contributed by atoms with van der Waals surface area (Å²) in [7, 11) is 0. The highest BCUT2D eigenvalue weighted by Gasteiger charge is 2.36. The van der Waals surface area contributed by atoms with Gasteiger partial charge in [0.2, 0.25) is 0 Å². The number of halogens is 3. The number of aliphatic hydroxyl groups is 1. The van der Waals surface area contributed by atoms with E-state index < -0.39 is 29.8 Å². The number of alkyl halides is 3. The zero-order chi connectivity index (χ0) is 11.5. The molecule has 15 heavy (non-hydrogen) atoms. The Bertz CT molecular complexity index is 220. The molecule has 0 heterocycles. The van der Waals surface area contributed by atoms with Crippen LogP contribution in [0.5, 0.6) is 0 Å². The van der Waals surface area contributed by atoms with Gasteiger partial charge in [-0.3, -0.25) is 0 Å². The molecule has 3 atom stereocenters. The van der Waals surface area contributed by atoms with E-state index in [2.05, 4.69) is 10.8 Å². The minimum Gasteiger partial charge on any atom is -0.390 e. The third-order valence-corrected chi connectivity index (χ3v) is 2.95. The minimum absolute atomic E-state index is 0.169. The molecule has 0 saturated heterocycles. The Labute approximate surface area is 90.7 Å². The van der Waals surface area contributed by atoms with Crippen molar-refractivity contribution in [3.8, 4) is 0 Å². The van der Waals surface area contributed by atoms with Crippen molar-refractivity contribution in [3.63, 3.8) is 0 Å². The summed E-state index contributed by atoms with van der Waals surface area (Å²) in [6.45, 7) is 3.53. The molecular weight excluding hydrogens is 229 g/mol. The molecule has 0 aromatic heterocycles. The molecule has 0 aliphatic heterocycles. The Hall–Kier alpha value is -0.200. The van der Waals surface area contributed by atoms with Crippen LogP contribution in [0.25, 0.3) is 0 Å². The molecule has 0 aromatic carbocycles. The van der Waals surface area contributed by atoms with Gasteiger partial charge in [0.25, 0.3) is 0 Å². The summed E-state index contributed by atoms with van der Waals surface area (Å²) in [5, 5.41) is 9.65. The van der Waals surface area contributed by atoms with Crippen LogP contribution in [0.3, 0.4) is 0 Å². The van der Waals surface area contributed by atoms with Crippen LogP contribution >= 0.6 is 12.0 Å². The highest BCUT2D eigenvalue weighted by Crippen LogP contribution is 2.36. The quantitative estimate of drug-likeness (QED) is 0.609. The zero-order valence-electron chi connectivity index (χ0n) is 8.04. The monoisotopic (exact) mass is 242 g/mol. The maximum absolute atomic E-state index is 11.9. The predicted octanol–water partition coefficient (Wildman–Crippen LogP) is 2.89. The molecule has 0 bridgehead atoms. The van der Waals surface area contributed by atoms with Crippen LogP contribution in [0.1, 0.15) is 19.3 Å². The maximum atomic E-state index is 11.9. The lowest BCUT2D eigenvalue weighted by Crippen LogP contribution is -2.37. The fourth-order valence-electron chi connectivity index (χ4n) is 1.65. The number of hydrogen-bond acceptors (Lipinski definition) is 3. The maximum Gasteiger partial charge on any atom is 0.467 e. The van der Waals surface area contributed by atoms with Crippen molar-refractivity contribution in [1.82, 2.24) is 0 Å². The number of rotatable bonds is 3. The molecule has 6 heteroatoms. The first kappa shape index (κ1) is 12.9. The van der Waals surface area contributed by atoms with E-state index in [4.69, 9.17) is 0 Å². The van der Waals surface area contributed by atoms with E-state index in [0.29, 0.717) is 6.42 Å². The van der Waals surface area contributed by atoms with Crippen molar-refractivity contribution in [2.24, 2.45) is 5.92 Å². The lowest BCUT2D eigenvalue weighted by Gasteiger charge is -2.32. The van der Waals surface area contributed by atoms with Crippen LogP contribution in [0.4, 0.5) is 13.2 Å². The van der Waals surface area contributed by atoms with E-state index in [1.54, 1.807) is 6.08 Å². The molecule has 0 radical (unpaired) electrons. The van der Waals surface area contributed by atoms with Crippen LogP contribution in [0.2, 0.25) is 0 Å². The predicted molar refractivity (Wildman–Crippen MR) is 52.1 cm³/mol. The highest BCUT2D eigenvalue weighted by molar-refractivity contribution is 7.95. The smallest absolute Gasteiger partial charge is 0.390 e. The fraction of sp³-hybridized carbons (Fsp3) is 0.778. The molecule has 1 aliphatic carbocycles. The molecule has 88 valence electrons. The molecule has 2 nitrogen and oxygen atoms in total. The molecular formula is C9H13F3O2S. The molecule has 0 spiro atoms. The van der Waals surface area contributed by atoms with Crippen molar-refractivity contribution < 1.29 is 22.5 Å². The molecule has 1 N–H and O–H groups in total. The van der Waals surface area contributed by atoms with Crippen molar-refractivity contribution >= 4 is 12.0 Å². The van der Waals surface area contributed by atoms with Crippen molar-refractivity contribution in [1.29, 1.82) is 0 Å². The van der Waals surface area contributed by atoms with Crippen molar-refractivity contribution in [2.75, 3.05) is 0 Å². The Balaban J connectivity index is 2.43. The molecule has 1 fully saturated rings. The van der Waals surface area contributed by atoms with Gasteiger partial charge in [0.1, 0.15) is 12.0 Å². The Morgan fingerprint density at radius 3 is 2.60 bits per heavy atom. The van der Waals surface area contributed by atoms with Gasteiger partial charge in [-0.25, -0.2) is 0 Å². The van der Waals surface area contributed by atoms with Gasteiger partial charge < -0.3 is 9.29 Å². The average molecular weight is 242 g/mol. The molecule has 0 aromatic rings. The van der Waals surface area contributed by atoms with E-state index in [-0.39, 0.29) is 5.92 Å². The largest absolute Gasteiger partial charge is 0.467 e. The second kappa shape index (κ2) is 5.23. The SMILES string of the molecule is C=CC1CCCC(OSC(F)(F)F)C1O. The van der Waals surface area contributed by atoms with Crippen LogP contribution in [0.15, 0.2) is 12.7 Å². The molecule has 1 aliphatic rings. The van der Waals surface area contributed by atoms with Gasteiger partial charge in [-0.2, -0.15) is 13.2 Å². The summed E-state index contributed by atoms with van der Waals surface area (Å²) in [5.41, 5.74) is -4.42.